The zero-order valence-corrected chi connectivity index (χ0v) is 13.0. The van der Waals surface area contributed by atoms with Gasteiger partial charge in [0.15, 0.2) is 0 Å². The number of amides is 1. The second-order valence-corrected chi connectivity index (χ2v) is 6.09. The molecule has 20 heavy (non-hydrogen) atoms. The Hall–Kier alpha value is -0.650. The van der Waals surface area contributed by atoms with E-state index >= 15 is 0 Å². The first-order chi connectivity index (χ1) is 9.64. The van der Waals surface area contributed by atoms with Crippen LogP contribution >= 0.6 is 0 Å². The third kappa shape index (κ3) is 3.00. The molecule has 5 heteroatoms. The fourth-order valence-corrected chi connectivity index (χ4v) is 3.86. The summed E-state index contributed by atoms with van der Waals surface area (Å²) in [6, 6.07) is 0.311. The number of piperidine rings is 1. The summed E-state index contributed by atoms with van der Waals surface area (Å²) in [6.07, 6.45) is 4.44. The first-order valence-electron chi connectivity index (χ1n) is 8.15. The minimum Gasteiger partial charge on any atom is -0.368 e. The zero-order valence-electron chi connectivity index (χ0n) is 13.0. The van der Waals surface area contributed by atoms with Crippen molar-refractivity contribution in [1.82, 2.24) is 15.1 Å². The van der Waals surface area contributed by atoms with Gasteiger partial charge in [-0.3, -0.25) is 9.69 Å². The minimum absolute atomic E-state index is 0.161. The zero-order chi connectivity index (χ0) is 14.6. The van der Waals surface area contributed by atoms with Gasteiger partial charge in [-0.15, -0.1) is 0 Å². The van der Waals surface area contributed by atoms with Gasteiger partial charge in [-0.2, -0.15) is 0 Å². The van der Waals surface area contributed by atoms with Crippen LogP contribution in [-0.4, -0.2) is 66.6 Å². The third-order valence-corrected chi connectivity index (χ3v) is 5.18. The second kappa shape index (κ2) is 6.87. The Balaban J connectivity index is 1.98. The molecule has 0 aliphatic carbocycles. The van der Waals surface area contributed by atoms with Gasteiger partial charge >= 0.3 is 0 Å². The normalized spacial score (nSPS) is 30.6. The molecule has 0 radical (unpaired) electrons. The Morgan fingerprint density at radius 3 is 2.75 bits per heavy atom. The molecule has 0 aromatic carbocycles. The Kier molecular flexibility index (Phi) is 5.41. The molecule has 0 aromatic heterocycles. The summed E-state index contributed by atoms with van der Waals surface area (Å²) >= 11 is 0. The number of hydrogen-bond donors (Lipinski definition) is 2. The van der Waals surface area contributed by atoms with E-state index in [0.29, 0.717) is 6.04 Å². The van der Waals surface area contributed by atoms with Gasteiger partial charge in [0.2, 0.25) is 5.91 Å². The van der Waals surface area contributed by atoms with Gasteiger partial charge in [-0.25, -0.2) is 0 Å². The van der Waals surface area contributed by atoms with E-state index in [9.17, 15) is 4.79 Å². The summed E-state index contributed by atoms with van der Waals surface area (Å²) in [5.74, 6) is -0.161. The van der Waals surface area contributed by atoms with Crippen molar-refractivity contribution in [2.24, 2.45) is 5.73 Å². The van der Waals surface area contributed by atoms with Crippen LogP contribution in [0.1, 0.15) is 39.5 Å². The number of nitrogens with one attached hydrogen (secondary N) is 1. The molecule has 2 aliphatic rings. The smallest absolute Gasteiger partial charge is 0.239 e. The SMILES string of the molecule is CCN(CC)CCNC1(C(N)=O)CCN2CCCCC21. The molecule has 3 N–H and O–H groups in total. The van der Waals surface area contributed by atoms with E-state index in [-0.39, 0.29) is 5.91 Å². The maximum atomic E-state index is 12.1. The van der Waals surface area contributed by atoms with Crippen LogP contribution in [0.15, 0.2) is 0 Å². The van der Waals surface area contributed by atoms with Gasteiger partial charge in [-0.05, 0) is 38.9 Å². The van der Waals surface area contributed by atoms with Crippen molar-refractivity contribution in [2.75, 3.05) is 39.3 Å². The highest BCUT2D eigenvalue weighted by Crippen LogP contribution is 2.34. The topological polar surface area (TPSA) is 61.6 Å². The molecule has 2 unspecified atom stereocenters. The summed E-state index contributed by atoms with van der Waals surface area (Å²) in [4.78, 5) is 16.9. The minimum atomic E-state index is -0.492. The van der Waals surface area contributed by atoms with Crippen molar-refractivity contribution >= 4 is 5.91 Å². The van der Waals surface area contributed by atoms with Gasteiger partial charge in [0.05, 0.1) is 0 Å². The molecule has 5 nitrogen and oxygen atoms in total. The first-order valence-corrected chi connectivity index (χ1v) is 8.15. The summed E-state index contributed by atoms with van der Waals surface area (Å²) in [7, 11) is 0. The lowest BCUT2D eigenvalue weighted by Crippen LogP contribution is -2.64. The van der Waals surface area contributed by atoms with E-state index in [2.05, 4.69) is 29.0 Å². The molecule has 2 heterocycles. The summed E-state index contributed by atoms with van der Waals surface area (Å²) < 4.78 is 0. The van der Waals surface area contributed by atoms with E-state index in [1.54, 1.807) is 0 Å². The van der Waals surface area contributed by atoms with Crippen LogP contribution in [0.2, 0.25) is 0 Å². The van der Waals surface area contributed by atoms with Gasteiger partial charge < -0.3 is 16.0 Å². The summed E-state index contributed by atoms with van der Waals surface area (Å²) in [5.41, 5.74) is 5.29. The fraction of sp³-hybridized carbons (Fsp3) is 0.933. The molecule has 0 spiro atoms. The maximum Gasteiger partial charge on any atom is 0.239 e. The molecule has 0 saturated carbocycles. The fourth-order valence-electron chi connectivity index (χ4n) is 3.86. The summed E-state index contributed by atoms with van der Waals surface area (Å²) in [5, 5.41) is 3.54. The number of carbonyl (C=O) groups is 1. The lowest BCUT2D eigenvalue weighted by molar-refractivity contribution is -0.125. The number of likely N-dealkylation sites (N-methyl/N-ethyl adjacent to an activating group) is 1. The number of nitrogens with two attached hydrogens (primary N) is 1. The Morgan fingerprint density at radius 2 is 2.10 bits per heavy atom. The first kappa shape index (κ1) is 15.7. The highest BCUT2D eigenvalue weighted by molar-refractivity contribution is 5.86. The van der Waals surface area contributed by atoms with Gasteiger partial charge in [0, 0.05) is 25.7 Å². The van der Waals surface area contributed by atoms with Crippen molar-refractivity contribution in [3.05, 3.63) is 0 Å². The van der Waals surface area contributed by atoms with Gasteiger partial charge in [0.1, 0.15) is 5.54 Å². The average Bonchev–Trinajstić information content (AvgIpc) is 2.84. The van der Waals surface area contributed by atoms with Crippen molar-refractivity contribution in [3.63, 3.8) is 0 Å². The second-order valence-electron chi connectivity index (χ2n) is 6.09. The highest BCUT2D eigenvalue weighted by atomic mass is 16.1. The number of fused-ring (bicyclic) bond motifs is 1. The van der Waals surface area contributed by atoms with E-state index in [4.69, 9.17) is 5.73 Å². The predicted octanol–water partition coefficient (Wildman–Crippen LogP) is 0.400. The molecular weight excluding hydrogens is 252 g/mol. The van der Waals surface area contributed by atoms with Crippen LogP contribution < -0.4 is 11.1 Å². The van der Waals surface area contributed by atoms with E-state index in [0.717, 1.165) is 52.1 Å². The van der Waals surface area contributed by atoms with E-state index in [1.165, 1.54) is 12.8 Å². The molecular formula is C15H30N4O. The van der Waals surface area contributed by atoms with Crippen LogP contribution in [0.4, 0.5) is 0 Å². The van der Waals surface area contributed by atoms with Crippen LogP contribution in [0, 0.1) is 0 Å². The molecule has 2 atom stereocenters. The molecule has 116 valence electrons. The molecule has 0 aromatic rings. The largest absolute Gasteiger partial charge is 0.368 e. The number of rotatable bonds is 7. The van der Waals surface area contributed by atoms with E-state index < -0.39 is 5.54 Å². The maximum absolute atomic E-state index is 12.1. The standard InChI is InChI=1S/C15H30N4O/c1-3-18(4-2)12-9-17-15(14(16)20)8-11-19-10-6-5-7-13(15)19/h13,17H,3-12H2,1-2H3,(H2,16,20). The molecule has 1 amide bonds. The van der Waals surface area contributed by atoms with Crippen molar-refractivity contribution < 1.29 is 4.79 Å². The number of carbonyl (C=O) groups excluding carboxylic acids is 1. The van der Waals surface area contributed by atoms with Crippen LogP contribution in [-0.2, 0) is 4.79 Å². The highest BCUT2D eigenvalue weighted by Gasteiger charge is 2.51. The number of nitrogens with zero attached hydrogens (tertiary/aromatic N) is 2. The average molecular weight is 282 g/mol. The van der Waals surface area contributed by atoms with Crippen molar-refractivity contribution in [3.8, 4) is 0 Å². The third-order valence-electron chi connectivity index (χ3n) is 5.18. The van der Waals surface area contributed by atoms with Crippen molar-refractivity contribution in [1.29, 1.82) is 0 Å². The monoisotopic (exact) mass is 282 g/mol. The van der Waals surface area contributed by atoms with Gasteiger partial charge in [-0.1, -0.05) is 20.3 Å². The lowest BCUT2D eigenvalue weighted by Gasteiger charge is -2.39. The lowest BCUT2D eigenvalue weighted by atomic mass is 9.84. The number of primary amides is 1. The molecule has 2 saturated heterocycles. The van der Waals surface area contributed by atoms with Gasteiger partial charge in [0.25, 0.3) is 0 Å². The Bertz CT molecular complexity index is 332. The quantitative estimate of drug-likeness (QED) is 0.709. The Labute approximate surface area is 122 Å². The number of hydrogen-bond acceptors (Lipinski definition) is 4. The van der Waals surface area contributed by atoms with Crippen LogP contribution in [0.5, 0.6) is 0 Å². The molecule has 2 rings (SSSR count). The van der Waals surface area contributed by atoms with Crippen LogP contribution in [0.3, 0.4) is 0 Å². The molecule has 0 bridgehead atoms. The van der Waals surface area contributed by atoms with Crippen molar-refractivity contribution in [2.45, 2.75) is 51.1 Å². The van der Waals surface area contributed by atoms with Crippen LogP contribution in [0.25, 0.3) is 0 Å². The molecule has 2 aliphatic heterocycles. The predicted molar refractivity (Wildman–Crippen MR) is 81.5 cm³/mol. The summed E-state index contributed by atoms with van der Waals surface area (Å²) in [6.45, 7) is 10.4. The molecule has 2 fully saturated rings. The van der Waals surface area contributed by atoms with E-state index in [1.807, 2.05) is 0 Å². The Morgan fingerprint density at radius 1 is 1.35 bits per heavy atom.